The second-order valence-electron chi connectivity index (χ2n) is 6.60. The molecule has 0 heterocycles. The van der Waals surface area contributed by atoms with Crippen molar-refractivity contribution in [3.63, 3.8) is 0 Å². The van der Waals surface area contributed by atoms with Gasteiger partial charge in [-0.05, 0) is 49.9 Å². The van der Waals surface area contributed by atoms with Crippen molar-refractivity contribution in [3.05, 3.63) is 0 Å². The average molecular weight is 366 g/mol. The van der Waals surface area contributed by atoms with Crippen LogP contribution in [0, 0.1) is 17.8 Å². The Morgan fingerprint density at radius 2 is 1.83 bits per heavy atom. The normalized spacial score (nSPS) is 30.7. The molecular formula is C16H31IO. The SMILES string of the molecule is CCCC(C)COC1(CI)CCC(C(C)C)CC1. The minimum Gasteiger partial charge on any atom is -0.374 e. The Morgan fingerprint density at radius 3 is 2.28 bits per heavy atom. The molecule has 108 valence electrons. The fourth-order valence-electron chi connectivity index (χ4n) is 3.04. The highest BCUT2D eigenvalue weighted by atomic mass is 127. The first-order valence-electron chi connectivity index (χ1n) is 7.73. The van der Waals surface area contributed by atoms with Gasteiger partial charge in [-0.1, -0.05) is 56.7 Å². The van der Waals surface area contributed by atoms with Crippen LogP contribution in [0.5, 0.6) is 0 Å². The molecule has 1 atom stereocenters. The van der Waals surface area contributed by atoms with Crippen molar-refractivity contribution >= 4 is 22.6 Å². The van der Waals surface area contributed by atoms with Crippen LogP contribution in [0.15, 0.2) is 0 Å². The van der Waals surface area contributed by atoms with Gasteiger partial charge in [0.25, 0.3) is 0 Å². The molecule has 0 bridgehead atoms. The van der Waals surface area contributed by atoms with Crippen molar-refractivity contribution in [1.82, 2.24) is 0 Å². The summed E-state index contributed by atoms with van der Waals surface area (Å²) in [5.74, 6) is 2.49. The topological polar surface area (TPSA) is 9.23 Å². The van der Waals surface area contributed by atoms with Crippen molar-refractivity contribution in [2.45, 2.75) is 71.8 Å². The van der Waals surface area contributed by atoms with Gasteiger partial charge in [0.2, 0.25) is 0 Å². The predicted molar refractivity (Wildman–Crippen MR) is 88.4 cm³/mol. The zero-order valence-corrected chi connectivity index (χ0v) is 14.8. The highest BCUT2D eigenvalue weighted by Crippen LogP contribution is 2.39. The fraction of sp³-hybridized carbons (Fsp3) is 1.00. The van der Waals surface area contributed by atoms with Crippen molar-refractivity contribution < 1.29 is 4.74 Å². The van der Waals surface area contributed by atoms with Gasteiger partial charge in [-0.15, -0.1) is 0 Å². The van der Waals surface area contributed by atoms with Crippen LogP contribution in [-0.2, 0) is 4.74 Å². The molecule has 1 fully saturated rings. The zero-order valence-electron chi connectivity index (χ0n) is 12.7. The van der Waals surface area contributed by atoms with Crippen LogP contribution >= 0.6 is 22.6 Å². The maximum absolute atomic E-state index is 6.35. The van der Waals surface area contributed by atoms with Gasteiger partial charge >= 0.3 is 0 Å². The molecule has 0 amide bonds. The summed E-state index contributed by atoms with van der Waals surface area (Å²) in [5, 5.41) is 0. The van der Waals surface area contributed by atoms with E-state index in [0.717, 1.165) is 28.8 Å². The lowest BCUT2D eigenvalue weighted by atomic mass is 9.75. The molecule has 0 radical (unpaired) electrons. The number of hydrogen-bond acceptors (Lipinski definition) is 1. The predicted octanol–water partition coefficient (Wildman–Crippen LogP) is 5.46. The molecule has 1 aliphatic rings. The fourth-order valence-corrected chi connectivity index (χ4v) is 4.03. The molecule has 1 unspecified atom stereocenters. The van der Waals surface area contributed by atoms with Crippen LogP contribution in [0.3, 0.4) is 0 Å². The van der Waals surface area contributed by atoms with Crippen molar-refractivity contribution in [2.24, 2.45) is 17.8 Å². The second kappa shape index (κ2) is 8.08. The van der Waals surface area contributed by atoms with E-state index in [4.69, 9.17) is 4.74 Å². The van der Waals surface area contributed by atoms with Crippen molar-refractivity contribution in [3.8, 4) is 0 Å². The van der Waals surface area contributed by atoms with Crippen LogP contribution in [0.2, 0.25) is 0 Å². The van der Waals surface area contributed by atoms with Gasteiger partial charge in [-0.2, -0.15) is 0 Å². The summed E-state index contributed by atoms with van der Waals surface area (Å²) in [5.41, 5.74) is 0.202. The molecular weight excluding hydrogens is 335 g/mol. The molecule has 0 aromatic rings. The molecule has 18 heavy (non-hydrogen) atoms. The standard InChI is InChI=1S/C16H31IO/c1-5-6-14(4)11-18-16(12-17)9-7-15(8-10-16)13(2)3/h13-15H,5-12H2,1-4H3. The molecule has 1 aliphatic carbocycles. The molecule has 1 nitrogen and oxygen atoms in total. The first-order valence-corrected chi connectivity index (χ1v) is 9.25. The highest BCUT2D eigenvalue weighted by molar-refractivity contribution is 14.1. The Balaban J connectivity index is 2.40. The third kappa shape index (κ3) is 4.99. The second-order valence-corrected chi connectivity index (χ2v) is 7.37. The van der Waals surface area contributed by atoms with Gasteiger partial charge < -0.3 is 4.74 Å². The van der Waals surface area contributed by atoms with Crippen LogP contribution < -0.4 is 0 Å². The summed E-state index contributed by atoms with van der Waals surface area (Å²) in [6, 6.07) is 0. The Hall–Kier alpha value is 0.690. The summed E-state index contributed by atoms with van der Waals surface area (Å²) in [6.07, 6.45) is 7.85. The van der Waals surface area contributed by atoms with Crippen molar-refractivity contribution in [2.75, 3.05) is 11.0 Å². The highest BCUT2D eigenvalue weighted by Gasteiger charge is 2.36. The van der Waals surface area contributed by atoms with E-state index in [9.17, 15) is 0 Å². The minimum absolute atomic E-state index is 0.202. The number of halogens is 1. The van der Waals surface area contributed by atoms with Gasteiger partial charge in [-0.3, -0.25) is 0 Å². The zero-order chi connectivity index (χ0) is 13.6. The number of alkyl halides is 1. The van der Waals surface area contributed by atoms with Crippen LogP contribution in [0.1, 0.15) is 66.2 Å². The lowest BCUT2D eigenvalue weighted by Crippen LogP contribution is -2.40. The van der Waals surface area contributed by atoms with E-state index in [-0.39, 0.29) is 5.60 Å². The Kier molecular flexibility index (Phi) is 7.52. The maximum Gasteiger partial charge on any atom is 0.0771 e. The van der Waals surface area contributed by atoms with E-state index in [0.29, 0.717) is 0 Å². The Labute approximate surface area is 128 Å². The molecule has 1 rings (SSSR count). The van der Waals surface area contributed by atoms with E-state index in [1.807, 2.05) is 0 Å². The summed E-state index contributed by atoms with van der Waals surface area (Å²) in [4.78, 5) is 0. The average Bonchev–Trinajstić information content (AvgIpc) is 2.37. The van der Waals surface area contributed by atoms with Gasteiger partial charge in [0.15, 0.2) is 0 Å². The molecule has 0 N–H and O–H groups in total. The van der Waals surface area contributed by atoms with Gasteiger partial charge in [0.1, 0.15) is 0 Å². The number of ether oxygens (including phenoxy) is 1. The lowest BCUT2D eigenvalue weighted by molar-refractivity contribution is -0.0742. The molecule has 1 saturated carbocycles. The van der Waals surface area contributed by atoms with Crippen LogP contribution in [0.4, 0.5) is 0 Å². The van der Waals surface area contributed by atoms with Gasteiger partial charge in [-0.25, -0.2) is 0 Å². The van der Waals surface area contributed by atoms with E-state index in [1.165, 1.54) is 38.5 Å². The first kappa shape index (κ1) is 16.7. The quantitative estimate of drug-likeness (QED) is 0.429. The van der Waals surface area contributed by atoms with Gasteiger partial charge in [0, 0.05) is 11.0 Å². The smallest absolute Gasteiger partial charge is 0.0771 e. The van der Waals surface area contributed by atoms with Gasteiger partial charge in [0.05, 0.1) is 5.60 Å². The Bertz CT molecular complexity index is 219. The molecule has 0 aromatic heterocycles. The number of hydrogen-bond donors (Lipinski definition) is 0. The molecule has 0 saturated heterocycles. The summed E-state index contributed by atoms with van der Waals surface area (Å²) >= 11 is 2.53. The number of rotatable bonds is 7. The summed E-state index contributed by atoms with van der Waals surface area (Å²) in [7, 11) is 0. The van der Waals surface area contributed by atoms with E-state index < -0.39 is 0 Å². The van der Waals surface area contributed by atoms with Crippen LogP contribution in [0.25, 0.3) is 0 Å². The molecule has 0 aliphatic heterocycles. The molecule has 0 spiro atoms. The molecule has 2 heteroatoms. The maximum atomic E-state index is 6.35. The summed E-state index contributed by atoms with van der Waals surface area (Å²) < 4.78 is 7.52. The summed E-state index contributed by atoms with van der Waals surface area (Å²) in [6.45, 7) is 10.3. The molecule has 0 aromatic carbocycles. The van der Waals surface area contributed by atoms with E-state index in [2.05, 4.69) is 50.3 Å². The van der Waals surface area contributed by atoms with E-state index in [1.54, 1.807) is 0 Å². The largest absolute Gasteiger partial charge is 0.374 e. The monoisotopic (exact) mass is 366 g/mol. The first-order chi connectivity index (χ1) is 8.53. The third-order valence-electron chi connectivity index (χ3n) is 4.58. The van der Waals surface area contributed by atoms with Crippen LogP contribution in [-0.4, -0.2) is 16.6 Å². The lowest BCUT2D eigenvalue weighted by Gasteiger charge is -2.40. The third-order valence-corrected chi connectivity index (χ3v) is 5.97. The van der Waals surface area contributed by atoms with E-state index >= 15 is 0 Å². The minimum atomic E-state index is 0.202. The van der Waals surface area contributed by atoms with Crippen molar-refractivity contribution in [1.29, 1.82) is 0 Å². The Morgan fingerprint density at radius 1 is 1.22 bits per heavy atom.